The molecule has 36 heavy (non-hydrogen) atoms. The van der Waals surface area contributed by atoms with Crippen LogP contribution >= 0.6 is 0 Å². The van der Waals surface area contributed by atoms with E-state index in [1.54, 1.807) is 12.1 Å². The molecule has 3 rings (SSSR count). The lowest BCUT2D eigenvalue weighted by Crippen LogP contribution is -2.54. The van der Waals surface area contributed by atoms with Gasteiger partial charge in [0.15, 0.2) is 5.78 Å². The Labute approximate surface area is 214 Å². The highest BCUT2D eigenvalue weighted by Crippen LogP contribution is 2.15. The Morgan fingerprint density at radius 3 is 2.19 bits per heavy atom. The monoisotopic (exact) mass is 493 g/mol. The average molecular weight is 494 g/mol. The van der Waals surface area contributed by atoms with Crippen LogP contribution in [-0.4, -0.2) is 49.4 Å². The number of aryl methyl sites for hydroxylation is 1. The first kappa shape index (κ1) is 27.4. The van der Waals surface area contributed by atoms with E-state index in [4.69, 9.17) is 4.74 Å². The minimum absolute atomic E-state index is 0.0862. The highest BCUT2D eigenvalue weighted by molar-refractivity contribution is 5.93. The predicted molar refractivity (Wildman–Crippen MR) is 141 cm³/mol. The fourth-order valence-corrected chi connectivity index (χ4v) is 4.39. The van der Waals surface area contributed by atoms with Crippen LogP contribution in [0.2, 0.25) is 0 Å². The summed E-state index contributed by atoms with van der Waals surface area (Å²) in [4.78, 5) is 39.4. The summed E-state index contributed by atoms with van der Waals surface area (Å²) in [5.41, 5.74) is 1.09. The highest BCUT2D eigenvalue weighted by Gasteiger charge is 2.30. The number of carbonyl (C=O) groups excluding carboxylic acids is 3. The van der Waals surface area contributed by atoms with Crippen LogP contribution in [0.3, 0.4) is 0 Å². The van der Waals surface area contributed by atoms with Gasteiger partial charge >= 0.3 is 0 Å². The first-order valence-corrected chi connectivity index (χ1v) is 13.0. The van der Waals surface area contributed by atoms with Crippen molar-refractivity contribution >= 4 is 17.6 Å². The molecular formula is C29H39N3O4. The summed E-state index contributed by atoms with van der Waals surface area (Å²) in [7, 11) is 0. The Kier molecular flexibility index (Phi) is 11.0. The minimum atomic E-state index is -0.716. The molecule has 0 unspecified atom stereocenters. The van der Waals surface area contributed by atoms with Gasteiger partial charge in [-0.25, -0.2) is 0 Å². The molecule has 0 aliphatic carbocycles. The second-order valence-corrected chi connectivity index (χ2v) is 9.87. The average Bonchev–Trinajstić information content (AvgIpc) is 2.90. The van der Waals surface area contributed by atoms with Gasteiger partial charge in [-0.05, 0) is 68.8 Å². The number of rotatable bonds is 13. The number of hydrogen-bond acceptors (Lipinski definition) is 5. The third kappa shape index (κ3) is 9.11. The Hall–Kier alpha value is -3.19. The lowest BCUT2D eigenvalue weighted by Gasteiger charge is -2.27. The van der Waals surface area contributed by atoms with Crippen molar-refractivity contribution in [3.05, 3.63) is 66.2 Å². The van der Waals surface area contributed by atoms with Crippen molar-refractivity contribution in [3.8, 4) is 5.75 Å². The van der Waals surface area contributed by atoms with Crippen molar-refractivity contribution in [3.63, 3.8) is 0 Å². The fraction of sp³-hybridized carbons (Fsp3) is 0.483. The summed E-state index contributed by atoms with van der Waals surface area (Å²) in [6.07, 6.45) is 3.11. The molecular weight excluding hydrogens is 454 g/mol. The number of piperidine rings is 1. The van der Waals surface area contributed by atoms with Crippen LogP contribution in [0, 0.1) is 11.8 Å². The molecule has 194 valence electrons. The van der Waals surface area contributed by atoms with E-state index >= 15 is 0 Å². The predicted octanol–water partition coefficient (Wildman–Crippen LogP) is 3.28. The molecule has 1 aliphatic rings. The van der Waals surface area contributed by atoms with Crippen LogP contribution in [0.4, 0.5) is 0 Å². The highest BCUT2D eigenvalue weighted by atomic mass is 16.5. The molecule has 0 saturated carbocycles. The Morgan fingerprint density at radius 2 is 1.56 bits per heavy atom. The first-order chi connectivity index (χ1) is 17.4. The van der Waals surface area contributed by atoms with E-state index < -0.39 is 12.1 Å². The molecule has 0 bridgehead atoms. The van der Waals surface area contributed by atoms with Gasteiger partial charge in [-0.15, -0.1) is 0 Å². The normalized spacial score (nSPS) is 15.6. The number of benzene rings is 2. The van der Waals surface area contributed by atoms with Gasteiger partial charge in [0.25, 0.3) is 0 Å². The largest absolute Gasteiger partial charge is 0.486 e. The van der Waals surface area contributed by atoms with Gasteiger partial charge in [0.05, 0.1) is 6.04 Å². The van der Waals surface area contributed by atoms with Crippen LogP contribution < -0.4 is 20.7 Å². The van der Waals surface area contributed by atoms with Crippen LogP contribution in [0.5, 0.6) is 5.75 Å². The second-order valence-electron chi connectivity index (χ2n) is 9.87. The van der Waals surface area contributed by atoms with Gasteiger partial charge in [0.2, 0.25) is 11.8 Å². The molecule has 1 aliphatic heterocycles. The van der Waals surface area contributed by atoms with E-state index in [0.717, 1.165) is 31.5 Å². The van der Waals surface area contributed by atoms with Crippen LogP contribution in [0.25, 0.3) is 0 Å². The number of Topliss-reactive ketones (excluding diaryl/α,β-unsaturated/α-hetero) is 1. The maximum Gasteiger partial charge on any atom is 0.243 e. The second kappa shape index (κ2) is 14.4. The van der Waals surface area contributed by atoms with E-state index in [9.17, 15) is 14.4 Å². The number of ether oxygens (including phenoxy) is 1. The molecule has 2 amide bonds. The molecule has 0 spiro atoms. The van der Waals surface area contributed by atoms with E-state index in [2.05, 4.69) is 16.0 Å². The van der Waals surface area contributed by atoms with Crippen molar-refractivity contribution in [2.24, 2.45) is 11.8 Å². The maximum atomic E-state index is 13.4. The van der Waals surface area contributed by atoms with Gasteiger partial charge in [-0.1, -0.05) is 62.4 Å². The molecule has 7 heteroatoms. The molecule has 0 radical (unpaired) electrons. The summed E-state index contributed by atoms with van der Waals surface area (Å²) in [5, 5.41) is 9.17. The number of amides is 2. The van der Waals surface area contributed by atoms with Crippen LogP contribution in [-0.2, 0) is 20.8 Å². The van der Waals surface area contributed by atoms with Crippen molar-refractivity contribution in [1.82, 2.24) is 16.0 Å². The zero-order chi connectivity index (χ0) is 25.8. The van der Waals surface area contributed by atoms with Gasteiger partial charge in [-0.3, -0.25) is 14.4 Å². The fourth-order valence-electron chi connectivity index (χ4n) is 4.39. The summed E-state index contributed by atoms with van der Waals surface area (Å²) in [6.45, 7) is 5.50. The first-order valence-electron chi connectivity index (χ1n) is 13.0. The minimum Gasteiger partial charge on any atom is -0.486 e. The van der Waals surface area contributed by atoms with E-state index in [1.807, 2.05) is 62.4 Å². The quantitative estimate of drug-likeness (QED) is 0.398. The maximum absolute atomic E-state index is 13.4. The number of para-hydroxylation sites is 1. The summed E-state index contributed by atoms with van der Waals surface area (Å²) < 4.78 is 5.67. The van der Waals surface area contributed by atoms with E-state index in [1.165, 1.54) is 0 Å². The van der Waals surface area contributed by atoms with Gasteiger partial charge in [-0.2, -0.15) is 0 Å². The molecule has 1 fully saturated rings. The number of ketones is 1. The van der Waals surface area contributed by atoms with Crippen molar-refractivity contribution < 1.29 is 19.1 Å². The van der Waals surface area contributed by atoms with Gasteiger partial charge < -0.3 is 20.7 Å². The lowest BCUT2D eigenvalue weighted by atomic mass is 9.95. The SMILES string of the molecule is CC(C)C[C@H](NC(=O)C1CCNCC1)C(=O)N[C@@H](CCc1ccccc1)C(=O)COc1ccccc1. The third-order valence-electron chi connectivity index (χ3n) is 6.44. The van der Waals surface area contributed by atoms with Crippen molar-refractivity contribution in [1.29, 1.82) is 0 Å². The molecule has 0 aromatic heterocycles. The topological polar surface area (TPSA) is 96.5 Å². The van der Waals surface area contributed by atoms with Crippen LogP contribution in [0.1, 0.15) is 45.1 Å². The molecule has 7 nitrogen and oxygen atoms in total. The molecule has 2 aromatic rings. The molecule has 2 aromatic carbocycles. The van der Waals surface area contributed by atoms with E-state index in [0.29, 0.717) is 25.0 Å². The van der Waals surface area contributed by atoms with Gasteiger partial charge in [0.1, 0.15) is 18.4 Å². The van der Waals surface area contributed by atoms with Gasteiger partial charge in [0, 0.05) is 5.92 Å². The van der Waals surface area contributed by atoms with Crippen molar-refractivity contribution in [2.45, 2.75) is 58.0 Å². The lowest BCUT2D eigenvalue weighted by molar-refractivity contribution is -0.133. The Balaban J connectivity index is 1.67. The molecule has 3 N–H and O–H groups in total. The molecule has 2 atom stereocenters. The summed E-state index contributed by atoms with van der Waals surface area (Å²) in [5.74, 6) is 0.105. The number of hydrogen-bond donors (Lipinski definition) is 3. The van der Waals surface area contributed by atoms with E-state index in [-0.39, 0.29) is 36.0 Å². The van der Waals surface area contributed by atoms with Crippen molar-refractivity contribution in [2.75, 3.05) is 19.7 Å². The van der Waals surface area contributed by atoms with Crippen LogP contribution in [0.15, 0.2) is 60.7 Å². The summed E-state index contributed by atoms with van der Waals surface area (Å²) >= 11 is 0. The standard InChI is InChI=1S/C29H39N3O4/c1-21(2)19-26(32-28(34)23-15-17-30-18-16-23)29(35)31-25(14-13-22-9-5-3-6-10-22)27(33)20-36-24-11-7-4-8-12-24/h3-12,21,23,25-26,30H,13-20H2,1-2H3,(H,31,35)(H,32,34)/t25-,26-/m0/s1. The third-order valence-corrected chi connectivity index (χ3v) is 6.44. The smallest absolute Gasteiger partial charge is 0.243 e. The Morgan fingerprint density at radius 1 is 0.917 bits per heavy atom. The molecule has 1 saturated heterocycles. The molecule has 1 heterocycles. The summed E-state index contributed by atoms with van der Waals surface area (Å²) in [6, 6.07) is 17.6. The zero-order valence-corrected chi connectivity index (χ0v) is 21.4. The Bertz CT molecular complexity index is 959. The zero-order valence-electron chi connectivity index (χ0n) is 21.4. The number of carbonyl (C=O) groups is 3. The number of nitrogens with one attached hydrogen (secondary N) is 3.